The first-order valence-electron chi connectivity index (χ1n) is 8.31. The highest BCUT2D eigenvalue weighted by molar-refractivity contribution is 6.04. The summed E-state index contributed by atoms with van der Waals surface area (Å²) in [6, 6.07) is 13.6. The first kappa shape index (κ1) is 16.7. The van der Waals surface area contributed by atoms with Crippen LogP contribution in [0.2, 0.25) is 0 Å². The van der Waals surface area contributed by atoms with Crippen LogP contribution in [0.15, 0.2) is 54.7 Å². The Kier molecular flexibility index (Phi) is 3.84. The lowest BCUT2D eigenvalue weighted by molar-refractivity contribution is -0.116. The third-order valence-corrected chi connectivity index (χ3v) is 4.69. The topological polar surface area (TPSA) is 112 Å². The molecule has 7 heteroatoms. The molecule has 0 bridgehead atoms. The maximum absolute atomic E-state index is 12.3. The molecule has 0 unspecified atom stereocenters. The molecule has 7 nitrogen and oxygen atoms in total. The lowest BCUT2D eigenvalue weighted by Crippen LogP contribution is -2.25. The molecule has 1 aliphatic rings. The van der Waals surface area contributed by atoms with Crippen LogP contribution in [0.4, 0.5) is 5.69 Å². The van der Waals surface area contributed by atoms with E-state index in [1.54, 1.807) is 10.6 Å². The number of para-hydroxylation sites is 1. The average molecular weight is 364 g/mol. The Bertz CT molecular complexity index is 1060. The van der Waals surface area contributed by atoms with E-state index in [1.165, 1.54) is 18.3 Å². The molecule has 4 rings (SSSR count). The second kappa shape index (κ2) is 6.21. The third-order valence-electron chi connectivity index (χ3n) is 4.69. The van der Waals surface area contributed by atoms with Gasteiger partial charge < -0.3 is 25.2 Å². The number of aromatic carboxylic acids is 1. The van der Waals surface area contributed by atoms with E-state index in [4.69, 9.17) is 0 Å². The van der Waals surface area contributed by atoms with Crippen LogP contribution in [0.5, 0.6) is 11.5 Å². The molecular formula is C20H16N2O5. The maximum atomic E-state index is 12.3. The van der Waals surface area contributed by atoms with Gasteiger partial charge >= 0.3 is 5.97 Å². The number of rotatable bonds is 3. The minimum atomic E-state index is -1.14. The summed E-state index contributed by atoms with van der Waals surface area (Å²) < 4.78 is 1.74. The van der Waals surface area contributed by atoms with Crippen molar-refractivity contribution >= 4 is 17.6 Å². The highest BCUT2D eigenvalue weighted by Crippen LogP contribution is 2.43. The zero-order valence-corrected chi connectivity index (χ0v) is 14.1. The number of carbonyl (C=O) groups is 2. The molecule has 2 aromatic carbocycles. The van der Waals surface area contributed by atoms with Crippen molar-refractivity contribution < 1.29 is 24.9 Å². The number of anilines is 1. The second-order valence-electron chi connectivity index (χ2n) is 6.37. The van der Waals surface area contributed by atoms with Gasteiger partial charge in [-0.1, -0.05) is 24.3 Å². The molecule has 0 radical (unpaired) electrons. The van der Waals surface area contributed by atoms with Gasteiger partial charge in [-0.3, -0.25) is 4.79 Å². The van der Waals surface area contributed by atoms with Crippen LogP contribution in [0.25, 0.3) is 5.69 Å². The number of nitrogens with one attached hydrogen (secondary N) is 1. The number of aromatic nitrogens is 1. The van der Waals surface area contributed by atoms with Crippen LogP contribution in [0.3, 0.4) is 0 Å². The van der Waals surface area contributed by atoms with Crippen LogP contribution in [-0.4, -0.2) is 31.8 Å². The van der Waals surface area contributed by atoms with Gasteiger partial charge in [-0.25, -0.2) is 4.79 Å². The van der Waals surface area contributed by atoms with Crippen LogP contribution >= 0.6 is 0 Å². The highest BCUT2D eigenvalue weighted by Gasteiger charge is 2.34. The lowest BCUT2D eigenvalue weighted by atomic mass is 9.88. The summed E-state index contributed by atoms with van der Waals surface area (Å²) in [7, 11) is 0. The number of phenolic OH excluding ortho intramolecular Hbond substituents is 2. The molecule has 1 atom stereocenters. The first-order chi connectivity index (χ1) is 13.0. The average Bonchev–Trinajstić information content (AvgIpc) is 3.03. The van der Waals surface area contributed by atoms with Crippen LogP contribution in [0, 0.1) is 0 Å². The quantitative estimate of drug-likeness (QED) is 0.534. The number of amides is 1. The van der Waals surface area contributed by atoms with E-state index in [9.17, 15) is 24.9 Å². The molecule has 4 N–H and O–H groups in total. The number of carboxylic acids is 1. The number of hydrogen-bond acceptors (Lipinski definition) is 4. The van der Waals surface area contributed by atoms with Gasteiger partial charge in [0.2, 0.25) is 5.91 Å². The van der Waals surface area contributed by atoms with Gasteiger partial charge in [-0.15, -0.1) is 0 Å². The summed E-state index contributed by atoms with van der Waals surface area (Å²) in [5, 5.41) is 31.7. The van der Waals surface area contributed by atoms with Gasteiger partial charge in [0.1, 0.15) is 5.56 Å². The SMILES string of the molecule is O=C1C[C@H](c2ccc(O)c(O)c2)c2c(c(C(=O)O)cn2-c2ccccc2)N1. The van der Waals surface area contributed by atoms with Gasteiger partial charge in [0, 0.05) is 24.2 Å². The van der Waals surface area contributed by atoms with E-state index in [1.807, 2.05) is 30.3 Å². The minimum absolute atomic E-state index is 0.00472. The number of aromatic hydroxyl groups is 2. The van der Waals surface area contributed by atoms with E-state index >= 15 is 0 Å². The molecule has 136 valence electrons. The number of carboxylic acid groups (broad SMARTS) is 1. The molecule has 0 fully saturated rings. The molecule has 3 aromatic rings. The van der Waals surface area contributed by atoms with Gasteiger partial charge in [-0.2, -0.15) is 0 Å². The third kappa shape index (κ3) is 2.79. The standard InChI is InChI=1S/C20H16N2O5/c23-15-7-6-11(8-16(15)24)13-9-17(25)21-18-14(20(26)27)10-22(19(13)18)12-4-2-1-3-5-12/h1-8,10,13,23-24H,9H2,(H,21,25)(H,26,27)/t13-/m1/s1. The van der Waals surface area contributed by atoms with Gasteiger partial charge in [0.15, 0.2) is 11.5 Å². The maximum Gasteiger partial charge on any atom is 0.339 e. The Labute approximate surface area is 154 Å². The second-order valence-corrected chi connectivity index (χ2v) is 6.37. The summed E-state index contributed by atoms with van der Waals surface area (Å²) >= 11 is 0. The molecule has 27 heavy (non-hydrogen) atoms. The zero-order chi connectivity index (χ0) is 19.1. The number of carbonyl (C=O) groups excluding carboxylic acids is 1. The number of phenols is 2. The van der Waals surface area contributed by atoms with Crippen molar-refractivity contribution in [3.63, 3.8) is 0 Å². The Hall–Kier alpha value is -3.74. The molecular weight excluding hydrogens is 348 g/mol. The lowest BCUT2D eigenvalue weighted by Gasteiger charge is -2.26. The Morgan fingerprint density at radius 3 is 2.48 bits per heavy atom. The van der Waals surface area contributed by atoms with Crippen molar-refractivity contribution in [2.45, 2.75) is 12.3 Å². The van der Waals surface area contributed by atoms with E-state index in [0.29, 0.717) is 11.3 Å². The number of benzene rings is 2. The molecule has 1 aliphatic heterocycles. The number of fused-ring (bicyclic) bond motifs is 1. The van der Waals surface area contributed by atoms with Crippen molar-refractivity contribution in [2.24, 2.45) is 0 Å². The summed E-state index contributed by atoms with van der Waals surface area (Å²) in [5.74, 6) is -2.49. The predicted octanol–water partition coefficient (Wildman–Crippen LogP) is 3.06. The van der Waals surface area contributed by atoms with Crippen LogP contribution < -0.4 is 5.32 Å². The minimum Gasteiger partial charge on any atom is -0.504 e. The van der Waals surface area contributed by atoms with Crippen molar-refractivity contribution in [3.05, 3.63) is 71.5 Å². The molecule has 1 amide bonds. The molecule has 0 spiro atoms. The largest absolute Gasteiger partial charge is 0.504 e. The monoisotopic (exact) mass is 364 g/mol. The van der Waals surface area contributed by atoms with Crippen molar-refractivity contribution in [2.75, 3.05) is 5.32 Å². The van der Waals surface area contributed by atoms with Gasteiger partial charge in [0.05, 0.1) is 11.4 Å². The summed E-state index contributed by atoms with van der Waals surface area (Å²) in [4.78, 5) is 24.0. The van der Waals surface area contributed by atoms with Crippen LogP contribution in [0.1, 0.15) is 34.0 Å². The molecule has 0 saturated carbocycles. The van der Waals surface area contributed by atoms with E-state index < -0.39 is 11.9 Å². The predicted molar refractivity (Wildman–Crippen MR) is 97.6 cm³/mol. The fraction of sp³-hybridized carbons (Fsp3) is 0.100. The van der Waals surface area contributed by atoms with Crippen LogP contribution in [-0.2, 0) is 4.79 Å². The van der Waals surface area contributed by atoms with Gasteiger partial charge in [0.25, 0.3) is 0 Å². The Balaban J connectivity index is 1.97. The first-order valence-corrected chi connectivity index (χ1v) is 8.31. The number of nitrogens with zero attached hydrogens (tertiary/aromatic N) is 1. The van der Waals surface area contributed by atoms with Crippen molar-refractivity contribution in [1.29, 1.82) is 0 Å². The zero-order valence-electron chi connectivity index (χ0n) is 14.1. The highest BCUT2D eigenvalue weighted by atomic mass is 16.4. The van der Waals surface area contributed by atoms with E-state index in [2.05, 4.69) is 5.32 Å². The molecule has 1 aromatic heterocycles. The molecule has 0 saturated heterocycles. The summed E-state index contributed by atoms with van der Waals surface area (Å²) in [6.45, 7) is 0. The number of hydrogen-bond donors (Lipinski definition) is 4. The van der Waals surface area contributed by atoms with Crippen molar-refractivity contribution in [3.8, 4) is 17.2 Å². The normalized spacial score (nSPS) is 15.9. The van der Waals surface area contributed by atoms with E-state index in [0.717, 1.165) is 5.69 Å². The Morgan fingerprint density at radius 2 is 1.81 bits per heavy atom. The molecule has 2 heterocycles. The van der Waals surface area contributed by atoms with E-state index in [-0.39, 0.29) is 35.1 Å². The fourth-order valence-electron chi connectivity index (χ4n) is 3.46. The summed E-state index contributed by atoms with van der Waals surface area (Å²) in [6.07, 6.45) is 1.58. The Morgan fingerprint density at radius 1 is 1.07 bits per heavy atom. The van der Waals surface area contributed by atoms with Gasteiger partial charge in [-0.05, 0) is 29.8 Å². The fourth-order valence-corrected chi connectivity index (χ4v) is 3.46. The smallest absolute Gasteiger partial charge is 0.339 e. The summed E-state index contributed by atoms with van der Waals surface area (Å²) in [5.41, 5.74) is 2.22. The van der Waals surface area contributed by atoms with Crippen molar-refractivity contribution in [1.82, 2.24) is 4.57 Å². The molecule has 0 aliphatic carbocycles.